The zero-order chi connectivity index (χ0) is 6.74. The van der Waals surface area contributed by atoms with Gasteiger partial charge in [-0.15, -0.1) is 0 Å². The van der Waals surface area contributed by atoms with Crippen molar-refractivity contribution in [2.45, 2.75) is 25.4 Å². The standard InChI is InChI=1S/C7H15NO/c1-7(6-8-2)4-3-5-9-7/h8H,3-6H2,1-2H3/t7-/m1/s1. The SMILES string of the molecule is CNC[C@@]1(C)CCCO1. The topological polar surface area (TPSA) is 21.3 Å². The van der Waals surface area contributed by atoms with Crippen LogP contribution in [0.5, 0.6) is 0 Å². The van der Waals surface area contributed by atoms with Gasteiger partial charge in [-0.05, 0) is 26.8 Å². The van der Waals surface area contributed by atoms with Crippen LogP contribution in [0.25, 0.3) is 0 Å². The van der Waals surface area contributed by atoms with Gasteiger partial charge < -0.3 is 10.1 Å². The number of hydrogen-bond donors (Lipinski definition) is 1. The lowest BCUT2D eigenvalue weighted by Gasteiger charge is -2.21. The molecule has 1 rings (SSSR count). The van der Waals surface area contributed by atoms with Crippen LogP contribution in [0.15, 0.2) is 0 Å². The molecule has 1 aliphatic rings. The zero-order valence-electron chi connectivity index (χ0n) is 6.24. The van der Waals surface area contributed by atoms with Gasteiger partial charge in [0.1, 0.15) is 0 Å². The summed E-state index contributed by atoms with van der Waals surface area (Å²) in [6.45, 7) is 4.08. The van der Waals surface area contributed by atoms with Gasteiger partial charge in [0.15, 0.2) is 0 Å². The summed E-state index contributed by atoms with van der Waals surface area (Å²) >= 11 is 0. The van der Waals surface area contributed by atoms with Gasteiger partial charge in [-0.2, -0.15) is 0 Å². The third-order valence-corrected chi connectivity index (χ3v) is 1.85. The van der Waals surface area contributed by atoms with Gasteiger partial charge in [-0.3, -0.25) is 0 Å². The number of ether oxygens (including phenoxy) is 1. The lowest BCUT2D eigenvalue weighted by molar-refractivity contribution is 0.0224. The van der Waals surface area contributed by atoms with Gasteiger partial charge in [0.25, 0.3) is 0 Å². The van der Waals surface area contributed by atoms with E-state index in [0.717, 1.165) is 13.2 Å². The van der Waals surface area contributed by atoms with Crippen LogP contribution in [0.1, 0.15) is 19.8 Å². The van der Waals surface area contributed by atoms with Crippen LogP contribution in [-0.2, 0) is 4.74 Å². The van der Waals surface area contributed by atoms with E-state index in [1.54, 1.807) is 0 Å². The summed E-state index contributed by atoms with van der Waals surface area (Å²) in [5, 5.41) is 3.13. The van der Waals surface area contributed by atoms with Crippen molar-refractivity contribution in [2.75, 3.05) is 20.2 Å². The Bertz CT molecular complexity index is 86.9. The van der Waals surface area contributed by atoms with Crippen molar-refractivity contribution in [2.24, 2.45) is 0 Å². The van der Waals surface area contributed by atoms with Gasteiger partial charge in [0.2, 0.25) is 0 Å². The van der Waals surface area contributed by atoms with E-state index in [9.17, 15) is 0 Å². The third kappa shape index (κ3) is 1.66. The van der Waals surface area contributed by atoms with Gasteiger partial charge in [0, 0.05) is 13.2 Å². The van der Waals surface area contributed by atoms with Gasteiger partial charge in [0.05, 0.1) is 5.60 Å². The molecular weight excluding hydrogens is 114 g/mol. The maximum absolute atomic E-state index is 5.52. The molecule has 9 heavy (non-hydrogen) atoms. The summed E-state index contributed by atoms with van der Waals surface area (Å²) in [5.41, 5.74) is 0.134. The Kier molecular flexibility index (Phi) is 2.09. The third-order valence-electron chi connectivity index (χ3n) is 1.85. The maximum atomic E-state index is 5.52. The minimum Gasteiger partial charge on any atom is -0.374 e. The van der Waals surface area contributed by atoms with Gasteiger partial charge >= 0.3 is 0 Å². The van der Waals surface area contributed by atoms with Crippen molar-refractivity contribution >= 4 is 0 Å². The van der Waals surface area contributed by atoms with E-state index < -0.39 is 0 Å². The first kappa shape index (κ1) is 7.03. The minimum absolute atomic E-state index is 0.134. The molecule has 1 N–H and O–H groups in total. The highest BCUT2D eigenvalue weighted by Crippen LogP contribution is 2.23. The Balaban J connectivity index is 2.32. The van der Waals surface area contributed by atoms with Crippen LogP contribution in [0.3, 0.4) is 0 Å². The van der Waals surface area contributed by atoms with Crippen molar-refractivity contribution in [1.82, 2.24) is 5.32 Å². The average molecular weight is 129 g/mol. The molecule has 0 radical (unpaired) electrons. The van der Waals surface area contributed by atoms with E-state index in [1.807, 2.05) is 7.05 Å². The Labute approximate surface area is 56.6 Å². The molecule has 0 saturated carbocycles. The zero-order valence-corrected chi connectivity index (χ0v) is 6.24. The van der Waals surface area contributed by atoms with Crippen molar-refractivity contribution in [3.63, 3.8) is 0 Å². The molecule has 2 nitrogen and oxygen atoms in total. The average Bonchev–Trinajstić information content (AvgIpc) is 2.16. The molecule has 0 aromatic carbocycles. The van der Waals surface area contributed by atoms with Crippen molar-refractivity contribution < 1.29 is 4.74 Å². The van der Waals surface area contributed by atoms with Crippen LogP contribution in [0.4, 0.5) is 0 Å². The van der Waals surface area contributed by atoms with E-state index >= 15 is 0 Å². The molecule has 1 aliphatic heterocycles. The Morgan fingerprint density at radius 1 is 1.67 bits per heavy atom. The molecule has 0 aromatic heterocycles. The summed E-state index contributed by atoms with van der Waals surface area (Å²) in [7, 11) is 1.97. The highest BCUT2D eigenvalue weighted by molar-refractivity contribution is 4.81. The fraction of sp³-hybridized carbons (Fsp3) is 1.00. The van der Waals surface area contributed by atoms with Crippen molar-refractivity contribution in [3.05, 3.63) is 0 Å². The summed E-state index contributed by atoms with van der Waals surface area (Å²) in [6.07, 6.45) is 2.42. The maximum Gasteiger partial charge on any atom is 0.0779 e. The van der Waals surface area contributed by atoms with Crippen molar-refractivity contribution in [3.8, 4) is 0 Å². The van der Waals surface area contributed by atoms with Crippen LogP contribution >= 0.6 is 0 Å². The van der Waals surface area contributed by atoms with E-state index in [1.165, 1.54) is 12.8 Å². The normalized spacial score (nSPS) is 35.3. The second-order valence-corrected chi connectivity index (χ2v) is 2.93. The number of rotatable bonds is 2. The molecule has 1 atom stereocenters. The Hall–Kier alpha value is -0.0800. The number of likely N-dealkylation sites (N-methyl/N-ethyl adjacent to an activating group) is 1. The molecule has 0 amide bonds. The molecule has 0 bridgehead atoms. The van der Waals surface area contributed by atoms with E-state index in [4.69, 9.17) is 4.74 Å². The minimum atomic E-state index is 0.134. The largest absolute Gasteiger partial charge is 0.374 e. The molecule has 0 unspecified atom stereocenters. The molecule has 1 fully saturated rings. The first-order chi connectivity index (χ1) is 4.27. The predicted octanol–water partition coefficient (Wildman–Crippen LogP) is 0.775. The predicted molar refractivity (Wildman–Crippen MR) is 37.5 cm³/mol. The summed E-state index contributed by atoms with van der Waals surface area (Å²) in [5.74, 6) is 0. The van der Waals surface area contributed by atoms with Gasteiger partial charge in [-0.25, -0.2) is 0 Å². The Morgan fingerprint density at radius 2 is 2.44 bits per heavy atom. The molecule has 2 heteroatoms. The van der Waals surface area contributed by atoms with Crippen molar-refractivity contribution in [1.29, 1.82) is 0 Å². The van der Waals surface area contributed by atoms with E-state index in [0.29, 0.717) is 0 Å². The second kappa shape index (κ2) is 2.67. The lowest BCUT2D eigenvalue weighted by atomic mass is 10.0. The van der Waals surface area contributed by atoms with E-state index in [-0.39, 0.29) is 5.60 Å². The first-order valence-corrected chi connectivity index (χ1v) is 3.55. The summed E-state index contributed by atoms with van der Waals surface area (Å²) < 4.78 is 5.52. The number of hydrogen-bond acceptors (Lipinski definition) is 2. The lowest BCUT2D eigenvalue weighted by Crippen LogP contribution is -2.35. The highest BCUT2D eigenvalue weighted by atomic mass is 16.5. The number of nitrogens with one attached hydrogen (secondary N) is 1. The van der Waals surface area contributed by atoms with Crippen LogP contribution < -0.4 is 5.32 Å². The monoisotopic (exact) mass is 129 g/mol. The molecule has 0 spiro atoms. The molecule has 0 aliphatic carbocycles. The molecule has 0 aromatic rings. The second-order valence-electron chi connectivity index (χ2n) is 2.93. The molecule has 1 saturated heterocycles. The summed E-state index contributed by atoms with van der Waals surface area (Å²) in [6, 6.07) is 0. The first-order valence-electron chi connectivity index (χ1n) is 3.55. The fourth-order valence-corrected chi connectivity index (χ4v) is 1.35. The Morgan fingerprint density at radius 3 is 2.89 bits per heavy atom. The van der Waals surface area contributed by atoms with Crippen LogP contribution in [0.2, 0.25) is 0 Å². The van der Waals surface area contributed by atoms with Crippen LogP contribution in [-0.4, -0.2) is 25.8 Å². The quantitative estimate of drug-likeness (QED) is 0.594. The summed E-state index contributed by atoms with van der Waals surface area (Å²) in [4.78, 5) is 0. The highest BCUT2D eigenvalue weighted by Gasteiger charge is 2.28. The van der Waals surface area contributed by atoms with Crippen LogP contribution in [0, 0.1) is 0 Å². The fourth-order valence-electron chi connectivity index (χ4n) is 1.35. The van der Waals surface area contributed by atoms with Gasteiger partial charge in [-0.1, -0.05) is 0 Å². The molecule has 1 heterocycles. The smallest absolute Gasteiger partial charge is 0.0779 e. The van der Waals surface area contributed by atoms with E-state index in [2.05, 4.69) is 12.2 Å². The molecular formula is C7H15NO. The molecule has 54 valence electrons.